The van der Waals surface area contributed by atoms with Crippen LogP contribution >= 0.6 is 0 Å². The number of rotatable bonds is 5. The van der Waals surface area contributed by atoms with Crippen molar-refractivity contribution in [3.63, 3.8) is 0 Å². The van der Waals surface area contributed by atoms with E-state index in [2.05, 4.69) is 0 Å². The molecule has 0 saturated carbocycles. The SMILES string of the molecule is CCC(CN)CC(=O)N1CC(C(N)=O)Oc2ccccc21. The zero-order valence-corrected chi connectivity index (χ0v) is 12.1. The first-order valence-corrected chi connectivity index (χ1v) is 7.12. The Labute approximate surface area is 124 Å². The minimum Gasteiger partial charge on any atom is -0.477 e. The number of primary amides is 1. The third-order valence-corrected chi connectivity index (χ3v) is 3.77. The van der Waals surface area contributed by atoms with E-state index in [9.17, 15) is 9.59 Å². The molecule has 0 aliphatic carbocycles. The van der Waals surface area contributed by atoms with Crippen LogP contribution in [0.5, 0.6) is 5.75 Å². The van der Waals surface area contributed by atoms with Crippen LogP contribution in [0.1, 0.15) is 19.8 Å². The summed E-state index contributed by atoms with van der Waals surface area (Å²) >= 11 is 0. The van der Waals surface area contributed by atoms with E-state index in [1.807, 2.05) is 13.0 Å². The summed E-state index contributed by atoms with van der Waals surface area (Å²) in [5.74, 6) is 0.00343. The van der Waals surface area contributed by atoms with E-state index < -0.39 is 12.0 Å². The number of nitrogens with zero attached hydrogens (tertiary/aromatic N) is 1. The molecule has 0 fully saturated rings. The highest BCUT2D eigenvalue weighted by atomic mass is 16.5. The Hall–Kier alpha value is -2.08. The van der Waals surface area contributed by atoms with Crippen molar-refractivity contribution < 1.29 is 14.3 Å². The molecular weight excluding hydrogens is 270 g/mol. The topological polar surface area (TPSA) is 98.7 Å². The lowest BCUT2D eigenvalue weighted by molar-refractivity contribution is -0.125. The number of carbonyl (C=O) groups is 2. The number of nitrogens with two attached hydrogens (primary N) is 2. The molecule has 0 radical (unpaired) electrons. The Bertz CT molecular complexity index is 529. The molecule has 1 aliphatic heterocycles. The molecule has 2 atom stereocenters. The molecule has 1 aromatic carbocycles. The molecule has 6 nitrogen and oxygen atoms in total. The van der Waals surface area contributed by atoms with Crippen molar-refractivity contribution in [1.82, 2.24) is 0 Å². The summed E-state index contributed by atoms with van der Waals surface area (Å²) in [5, 5.41) is 0. The van der Waals surface area contributed by atoms with Crippen LogP contribution in [-0.2, 0) is 9.59 Å². The highest BCUT2D eigenvalue weighted by Crippen LogP contribution is 2.33. The van der Waals surface area contributed by atoms with Gasteiger partial charge < -0.3 is 21.1 Å². The number of hydrogen-bond acceptors (Lipinski definition) is 4. The van der Waals surface area contributed by atoms with Crippen LogP contribution in [0, 0.1) is 5.92 Å². The second kappa shape index (κ2) is 6.58. The number of benzene rings is 1. The molecule has 1 aromatic rings. The molecule has 0 spiro atoms. The summed E-state index contributed by atoms with van der Waals surface area (Å²) in [6, 6.07) is 7.14. The number of para-hydroxylation sites is 2. The molecule has 2 amide bonds. The zero-order valence-electron chi connectivity index (χ0n) is 12.1. The fourth-order valence-corrected chi connectivity index (χ4v) is 2.37. The molecule has 1 heterocycles. The molecule has 6 heteroatoms. The van der Waals surface area contributed by atoms with Gasteiger partial charge in [-0.25, -0.2) is 0 Å². The number of ether oxygens (including phenoxy) is 1. The second-order valence-corrected chi connectivity index (χ2v) is 5.20. The summed E-state index contributed by atoms with van der Waals surface area (Å²) in [4.78, 5) is 25.5. The summed E-state index contributed by atoms with van der Waals surface area (Å²) in [5.41, 5.74) is 11.7. The van der Waals surface area contributed by atoms with Crippen LogP contribution in [-0.4, -0.2) is 31.0 Å². The van der Waals surface area contributed by atoms with Gasteiger partial charge in [-0.3, -0.25) is 9.59 Å². The maximum atomic E-state index is 12.5. The molecule has 2 unspecified atom stereocenters. The molecule has 2 rings (SSSR count). The predicted octanol–water partition coefficient (Wildman–Crippen LogP) is 0.641. The summed E-state index contributed by atoms with van der Waals surface area (Å²) in [7, 11) is 0. The van der Waals surface area contributed by atoms with E-state index in [0.717, 1.165) is 6.42 Å². The monoisotopic (exact) mass is 291 g/mol. The molecule has 0 saturated heterocycles. The molecule has 0 aromatic heterocycles. The Morgan fingerprint density at radius 3 is 2.76 bits per heavy atom. The third-order valence-electron chi connectivity index (χ3n) is 3.77. The number of carbonyl (C=O) groups excluding carboxylic acids is 2. The van der Waals surface area contributed by atoms with E-state index in [1.54, 1.807) is 23.1 Å². The van der Waals surface area contributed by atoms with Gasteiger partial charge in [0.05, 0.1) is 12.2 Å². The molecule has 4 N–H and O–H groups in total. The van der Waals surface area contributed by atoms with Crippen LogP contribution in [0.4, 0.5) is 5.69 Å². The average molecular weight is 291 g/mol. The van der Waals surface area contributed by atoms with Gasteiger partial charge >= 0.3 is 0 Å². The van der Waals surface area contributed by atoms with Crippen molar-refractivity contribution in [2.24, 2.45) is 17.4 Å². The van der Waals surface area contributed by atoms with Crippen LogP contribution in [0.3, 0.4) is 0 Å². The first kappa shape index (κ1) is 15.3. The maximum Gasteiger partial charge on any atom is 0.260 e. The summed E-state index contributed by atoms with van der Waals surface area (Å²) < 4.78 is 5.54. The van der Waals surface area contributed by atoms with Crippen molar-refractivity contribution in [3.05, 3.63) is 24.3 Å². The van der Waals surface area contributed by atoms with Gasteiger partial charge in [0, 0.05) is 6.42 Å². The van der Waals surface area contributed by atoms with Gasteiger partial charge in [0.2, 0.25) is 5.91 Å². The lowest BCUT2D eigenvalue weighted by atomic mass is 10.0. The molecule has 0 bridgehead atoms. The van der Waals surface area contributed by atoms with Crippen LogP contribution in [0.25, 0.3) is 0 Å². The first-order chi connectivity index (χ1) is 10.1. The van der Waals surface area contributed by atoms with Crippen molar-refractivity contribution in [2.75, 3.05) is 18.0 Å². The zero-order chi connectivity index (χ0) is 15.4. The van der Waals surface area contributed by atoms with Crippen molar-refractivity contribution in [3.8, 4) is 5.75 Å². The molecular formula is C15H21N3O3. The fraction of sp³-hybridized carbons (Fsp3) is 0.467. The van der Waals surface area contributed by atoms with E-state index >= 15 is 0 Å². The van der Waals surface area contributed by atoms with Crippen LogP contribution in [0.15, 0.2) is 24.3 Å². The molecule has 21 heavy (non-hydrogen) atoms. The average Bonchev–Trinajstić information content (AvgIpc) is 2.51. The highest BCUT2D eigenvalue weighted by molar-refractivity contribution is 5.97. The normalized spacial score (nSPS) is 18.6. The minimum atomic E-state index is -0.818. The number of hydrogen-bond donors (Lipinski definition) is 2. The maximum absolute atomic E-state index is 12.5. The Kier molecular flexibility index (Phi) is 4.80. The Morgan fingerprint density at radius 1 is 1.43 bits per heavy atom. The van der Waals surface area contributed by atoms with Crippen molar-refractivity contribution in [2.45, 2.75) is 25.9 Å². The largest absolute Gasteiger partial charge is 0.477 e. The van der Waals surface area contributed by atoms with E-state index in [-0.39, 0.29) is 18.4 Å². The van der Waals surface area contributed by atoms with Gasteiger partial charge in [-0.1, -0.05) is 25.5 Å². The van der Waals surface area contributed by atoms with Gasteiger partial charge in [-0.15, -0.1) is 0 Å². The van der Waals surface area contributed by atoms with Gasteiger partial charge in [0.25, 0.3) is 5.91 Å². The predicted molar refractivity (Wildman–Crippen MR) is 79.9 cm³/mol. The van der Waals surface area contributed by atoms with Gasteiger partial charge in [0.15, 0.2) is 6.10 Å². The molecule has 1 aliphatic rings. The minimum absolute atomic E-state index is 0.0608. The van der Waals surface area contributed by atoms with E-state index in [4.69, 9.17) is 16.2 Å². The summed E-state index contributed by atoms with van der Waals surface area (Å²) in [6.07, 6.45) is 0.377. The van der Waals surface area contributed by atoms with Crippen LogP contribution in [0.2, 0.25) is 0 Å². The van der Waals surface area contributed by atoms with Crippen LogP contribution < -0.4 is 21.1 Å². The van der Waals surface area contributed by atoms with Gasteiger partial charge in [-0.2, -0.15) is 0 Å². The highest BCUT2D eigenvalue weighted by Gasteiger charge is 2.32. The third kappa shape index (κ3) is 3.33. The quantitative estimate of drug-likeness (QED) is 0.831. The fourth-order valence-electron chi connectivity index (χ4n) is 2.37. The molecule has 114 valence electrons. The number of fused-ring (bicyclic) bond motifs is 1. The van der Waals surface area contributed by atoms with Gasteiger partial charge in [-0.05, 0) is 24.6 Å². The smallest absolute Gasteiger partial charge is 0.260 e. The number of amides is 2. The van der Waals surface area contributed by atoms with Gasteiger partial charge in [0.1, 0.15) is 5.75 Å². The lowest BCUT2D eigenvalue weighted by Crippen LogP contribution is -2.49. The Morgan fingerprint density at radius 2 is 2.14 bits per heavy atom. The standard InChI is InChI=1S/C15H21N3O3/c1-2-10(8-16)7-14(19)18-9-13(15(17)20)21-12-6-4-3-5-11(12)18/h3-6,10,13H,2,7-9,16H2,1H3,(H2,17,20). The van der Waals surface area contributed by atoms with E-state index in [0.29, 0.717) is 24.4 Å². The Balaban J connectivity index is 2.24. The number of anilines is 1. The van der Waals surface area contributed by atoms with E-state index in [1.165, 1.54) is 0 Å². The summed E-state index contributed by atoms with van der Waals surface area (Å²) in [6.45, 7) is 2.62. The van der Waals surface area contributed by atoms with Crippen molar-refractivity contribution >= 4 is 17.5 Å². The first-order valence-electron chi connectivity index (χ1n) is 7.12. The lowest BCUT2D eigenvalue weighted by Gasteiger charge is -2.34. The second-order valence-electron chi connectivity index (χ2n) is 5.20. The van der Waals surface area contributed by atoms with Crippen molar-refractivity contribution in [1.29, 1.82) is 0 Å².